The molecule has 1 atom stereocenters. The van der Waals surface area contributed by atoms with Crippen LogP contribution in [0.3, 0.4) is 0 Å². The van der Waals surface area contributed by atoms with Crippen LogP contribution in [-0.2, 0) is 4.74 Å². The minimum absolute atomic E-state index is 0.173. The number of hydrogen-bond acceptors (Lipinski definition) is 2. The Balaban J connectivity index is 2.33. The van der Waals surface area contributed by atoms with Crippen LogP contribution in [0.1, 0.15) is 11.7 Å². The van der Waals surface area contributed by atoms with E-state index in [0.717, 1.165) is 18.7 Å². The van der Waals surface area contributed by atoms with Crippen LogP contribution in [0.25, 0.3) is 0 Å². The van der Waals surface area contributed by atoms with E-state index < -0.39 is 17.7 Å². The molecule has 1 heterocycles. The van der Waals surface area contributed by atoms with Crippen molar-refractivity contribution in [2.45, 2.75) is 6.10 Å². The SMILES string of the molecule is Fc1cc(Cl)c(F)c(C2CNCCO2)c1. The molecule has 1 unspecified atom stereocenters. The van der Waals surface area contributed by atoms with Crippen LogP contribution < -0.4 is 5.32 Å². The Bertz CT molecular complexity index is 367. The maximum atomic E-state index is 13.6. The number of halogens is 3. The van der Waals surface area contributed by atoms with Gasteiger partial charge in [-0.05, 0) is 12.1 Å². The Morgan fingerprint density at radius 1 is 1.40 bits per heavy atom. The highest BCUT2D eigenvalue weighted by Gasteiger charge is 2.21. The maximum absolute atomic E-state index is 13.6. The van der Waals surface area contributed by atoms with E-state index >= 15 is 0 Å². The van der Waals surface area contributed by atoms with E-state index in [-0.39, 0.29) is 10.6 Å². The van der Waals surface area contributed by atoms with Gasteiger partial charge in [0.05, 0.1) is 17.7 Å². The zero-order chi connectivity index (χ0) is 10.8. The van der Waals surface area contributed by atoms with E-state index in [4.69, 9.17) is 16.3 Å². The summed E-state index contributed by atoms with van der Waals surface area (Å²) in [4.78, 5) is 0. The van der Waals surface area contributed by atoms with Crippen LogP contribution in [0.4, 0.5) is 8.78 Å². The summed E-state index contributed by atoms with van der Waals surface area (Å²) in [5.41, 5.74) is 0.173. The van der Waals surface area contributed by atoms with E-state index in [9.17, 15) is 8.78 Å². The third kappa shape index (κ3) is 2.27. The van der Waals surface area contributed by atoms with Crippen molar-refractivity contribution in [2.24, 2.45) is 0 Å². The molecule has 15 heavy (non-hydrogen) atoms. The van der Waals surface area contributed by atoms with Crippen molar-refractivity contribution in [3.8, 4) is 0 Å². The summed E-state index contributed by atoms with van der Waals surface area (Å²) in [6.45, 7) is 1.68. The fourth-order valence-corrected chi connectivity index (χ4v) is 1.79. The fraction of sp³-hybridized carbons (Fsp3) is 0.400. The van der Waals surface area contributed by atoms with Gasteiger partial charge >= 0.3 is 0 Å². The van der Waals surface area contributed by atoms with E-state index in [2.05, 4.69) is 5.32 Å². The van der Waals surface area contributed by atoms with Crippen molar-refractivity contribution in [3.63, 3.8) is 0 Å². The second kappa shape index (κ2) is 4.43. The number of benzene rings is 1. The highest BCUT2D eigenvalue weighted by Crippen LogP contribution is 2.27. The molecule has 1 aliphatic heterocycles. The number of ether oxygens (including phenoxy) is 1. The van der Waals surface area contributed by atoms with Crippen molar-refractivity contribution < 1.29 is 13.5 Å². The Hall–Kier alpha value is -0.710. The molecule has 2 rings (SSSR count). The first-order chi connectivity index (χ1) is 7.18. The lowest BCUT2D eigenvalue weighted by Crippen LogP contribution is -2.33. The lowest BCUT2D eigenvalue weighted by Gasteiger charge is -2.24. The van der Waals surface area contributed by atoms with Gasteiger partial charge in [0.15, 0.2) is 0 Å². The largest absolute Gasteiger partial charge is 0.371 e. The molecular formula is C10H10ClF2NO. The standard InChI is InChI=1S/C10H10ClF2NO/c11-8-4-6(12)3-7(10(8)13)9-5-14-1-2-15-9/h3-4,9,14H,1-2,5H2. The number of hydrogen-bond donors (Lipinski definition) is 1. The van der Waals surface area contributed by atoms with E-state index in [1.807, 2.05) is 0 Å². The molecule has 0 radical (unpaired) electrons. The summed E-state index contributed by atoms with van der Waals surface area (Å²) >= 11 is 5.55. The average Bonchev–Trinajstić information content (AvgIpc) is 2.24. The van der Waals surface area contributed by atoms with Gasteiger partial charge in [-0.15, -0.1) is 0 Å². The zero-order valence-corrected chi connectivity index (χ0v) is 8.65. The van der Waals surface area contributed by atoms with Crippen molar-refractivity contribution >= 4 is 11.6 Å². The molecule has 0 saturated carbocycles. The molecule has 1 saturated heterocycles. The summed E-state index contributed by atoms with van der Waals surface area (Å²) in [5, 5.41) is 2.83. The molecule has 1 aromatic carbocycles. The number of morpholine rings is 1. The Morgan fingerprint density at radius 3 is 2.87 bits per heavy atom. The molecule has 0 aliphatic carbocycles. The molecule has 82 valence electrons. The summed E-state index contributed by atoms with van der Waals surface area (Å²) in [6.07, 6.45) is -0.466. The Morgan fingerprint density at radius 2 is 2.20 bits per heavy atom. The maximum Gasteiger partial charge on any atom is 0.147 e. The fourth-order valence-electron chi connectivity index (χ4n) is 1.58. The van der Waals surface area contributed by atoms with Crippen LogP contribution in [0.15, 0.2) is 12.1 Å². The molecule has 0 bridgehead atoms. The topological polar surface area (TPSA) is 21.3 Å². The molecule has 0 amide bonds. The molecule has 1 fully saturated rings. The van der Waals surface area contributed by atoms with Crippen molar-refractivity contribution in [1.29, 1.82) is 0 Å². The molecule has 0 aromatic heterocycles. The van der Waals surface area contributed by atoms with Crippen LogP contribution in [0, 0.1) is 11.6 Å². The quantitative estimate of drug-likeness (QED) is 0.752. The van der Waals surface area contributed by atoms with Gasteiger partial charge in [0.2, 0.25) is 0 Å². The van der Waals surface area contributed by atoms with Crippen LogP contribution in [0.2, 0.25) is 5.02 Å². The van der Waals surface area contributed by atoms with Gasteiger partial charge in [-0.1, -0.05) is 11.6 Å². The Kier molecular flexibility index (Phi) is 3.19. The molecule has 1 N–H and O–H groups in total. The summed E-state index contributed by atoms with van der Waals surface area (Å²) < 4.78 is 31.9. The first-order valence-electron chi connectivity index (χ1n) is 4.65. The highest BCUT2D eigenvalue weighted by molar-refractivity contribution is 6.30. The van der Waals surface area contributed by atoms with Gasteiger partial charge < -0.3 is 10.1 Å². The second-order valence-electron chi connectivity index (χ2n) is 3.35. The zero-order valence-electron chi connectivity index (χ0n) is 7.90. The molecule has 0 spiro atoms. The average molecular weight is 234 g/mol. The van der Waals surface area contributed by atoms with Gasteiger partial charge in [0.1, 0.15) is 11.6 Å². The van der Waals surface area contributed by atoms with E-state index in [1.54, 1.807) is 0 Å². The summed E-state index contributed by atoms with van der Waals surface area (Å²) in [6, 6.07) is 2.08. The molecule has 1 aliphatic rings. The lowest BCUT2D eigenvalue weighted by molar-refractivity contribution is 0.0253. The third-order valence-electron chi connectivity index (χ3n) is 2.30. The van der Waals surface area contributed by atoms with Crippen molar-refractivity contribution in [2.75, 3.05) is 19.7 Å². The summed E-state index contributed by atoms with van der Waals surface area (Å²) in [7, 11) is 0. The second-order valence-corrected chi connectivity index (χ2v) is 3.76. The van der Waals surface area contributed by atoms with Gasteiger partial charge in [-0.25, -0.2) is 8.78 Å². The number of nitrogens with one attached hydrogen (secondary N) is 1. The number of rotatable bonds is 1. The van der Waals surface area contributed by atoms with Crippen LogP contribution >= 0.6 is 11.6 Å². The third-order valence-corrected chi connectivity index (χ3v) is 2.57. The lowest BCUT2D eigenvalue weighted by atomic mass is 10.1. The van der Waals surface area contributed by atoms with Gasteiger partial charge in [0.25, 0.3) is 0 Å². The van der Waals surface area contributed by atoms with E-state index in [0.29, 0.717) is 13.2 Å². The molecule has 5 heteroatoms. The van der Waals surface area contributed by atoms with Crippen molar-refractivity contribution in [3.05, 3.63) is 34.4 Å². The van der Waals surface area contributed by atoms with Gasteiger partial charge in [-0.2, -0.15) is 0 Å². The van der Waals surface area contributed by atoms with Crippen molar-refractivity contribution in [1.82, 2.24) is 5.32 Å². The minimum Gasteiger partial charge on any atom is -0.371 e. The molecule has 2 nitrogen and oxygen atoms in total. The van der Waals surface area contributed by atoms with Crippen LogP contribution in [-0.4, -0.2) is 19.7 Å². The van der Waals surface area contributed by atoms with Gasteiger partial charge in [0, 0.05) is 18.7 Å². The summed E-state index contributed by atoms with van der Waals surface area (Å²) in [5.74, 6) is -1.16. The highest BCUT2D eigenvalue weighted by atomic mass is 35.5. The molecule has 1 aromatic rings. The normalized spacial score (nSPS) is 21.7. The monoisotopic (exact) mass is 233 g/mol. The first-order valence-corrected chi connectivity index (χ1v) is 5.03. The van der Waals surface area contributed by atoms with Crippen LogP contribution in [0.5, 0.6) is 0 Å². The van der Waals surface area contributed by atoms with E-state index in [1.165, 1.54) is 0 Å². The predicted octanol–water partition coefficient (Wildman–Crippen LogP) is 2.28. The smallest absolute Gasteiger partial charge is 0.147 e. The predicted molar refractivity (Wildman–Crippen MR) is 52.9 cm³/mol. The molecular weight excluding hydrogens is 224 g/mol. The van der Waals surface area contributed by atoms with Gasteiger partial charge in [-0.3, -0.25) is 0 Å². The minimum atomic E-state index is -0.605. The Labute approximate surface area is 91.2 Å². The first kappa shape index (κ1) is 10.8.